The first-order valence-corrected chi connectivity index (χ1v) is 6.94. The molecule has 0 bridgehead atoms. The lowest BCUT2D eigenvalue weighted by atomic mass is 9.87. The van der Waals surface area contributed by atoms with Gasteiger partial charge in [-0.05, 0) is 23.1 Å². The molecule has 0 atom stereocenters. The Morgan fingerprint density at radius 2 is 1.62 bits per heavy atom. The van der Waals surface area contributed by atoms with Crippen LogP contribution in [-0.4, -0.2) is 0 Å². The summed E-state index contributed by atoms with van der Waals surface area (Å²) in [5, 5.41) is 8.92. The SMILES string of the molecule is CC(C)(C)c1ccc(O/C(=C\C#N)c2ccccc2)cc1. The van der Waals surface area contributed by atoms with Gasteiger partial charge in [-0.3, -0.25) is 0 Å². The van der Waals surface area contributed by atoms with Gasteiger partial charge >= 0.3 is 0 Å². The standard InChI is InChI=1S/C19H19NO/c1-19(2,3)16-9-11-17(12-10-16)21-18(13-14-20)15-7-5-4-6-8-15/h4-13H,1-3H3/b18-13-. The molecule has 0 fully saturated rings. The second-order valence-corrected chi connectivity index (χ2v) is 5.88. The van der Waals surface area contributed by atoms with E-state index in [1.165, 1.54) is 11.6 Å². The molecule has 0 heterocycles. The topological polar surface area (TPSA) is 33.0 Å². The van der Waals surface area contributed by atoms with Crippen LogP contribution in [0.3, 0.4) is 0 Å². The lowest BCUT2D eigenvalue weighted by Crippen LogP contribution is -2.10. The molecule has 2 aromatic carbocycles. The minimum Gasteiger partial charge on any atom is -0.456 e. The fraction of sp³-hybridized carbons (Fsp3) is 0.211. The summed E-state index contributed by atoms with van der Waals surface area (Å²) in [7, 11) is 0. The zero-order valence-electron chi connectivity index (χ0n) is 12.6. The van der Waals surface area contributed by atoms with Gasteiger partial charge in [0.05, 0.1) is 12.1 Å². The van der Waals surface area contributed by atoms with E-state index < -0.39 is 0 Å². The van der Waals surface area contributed by atoms with Crippen molar-refractivity contribution in [1.29, 1.82) is 5.26 Å². The lowest BCUT2D eigenvalue weighted by molar-refractivity contribution is 0.513. The molecule has 0 saturated carbocycles. The minimum atomic E-state index is 0.114. The number of hydrogen-bond donors (Lipinski definition) is 0. The van der Waals surface area contributed by atoms with Crippen LogP contribution in [0.4, 0.5) is 0 Å². The molecule has 0 aromatic heterocycles. The van der Waals surface area contributed by atoms with Crippen LogP contribution in [0.15, 0.2) is 60.7 Å². The average Bonchev–Trinajstić information content (AvgIpc) is 2.47. The third kappa shape index (κ3) is 3.97. The molecule has 2 aromatic rings. The summed E-state index contributed by atoms with van der Waals surface area (Å²) in [4.78, 5) is 0. The van der Waals surface area contributed by atoms with Gasteiger partial charge in [0.15, 0.2) is 0 Å². The van der Waals surface area contributed by atoms with Crippen molar-refractivity contribution < 1.29 is 4.74 Å². The van der Waals surface area contributed by atoms with Gasteiger partial charge in [-0.2, -0.15) is 5.26 Å². The Morgan fingerprint density at radius 1 is 1.00 bits per heavy atom. The molecule has 21 heavy (non-hydrogen) atoms. The summed E-state index contributed by atoms with van der Waals surface area (Å²) in [6.45, 7) is 6.52. The number of ether oxygens (including phenoxy) is 1. The molecule has 0 unspecified atom stereocenters. The Kier molecular flexibility index (Phi) is 4.45. The highest BCUT2D eigenvalue weighted by Crippen LogP contribution is 2.26. The highest BCUT2D eigenvalue weighted by Gasteiger charge is 2.13. The Balaban J connectivity index is 2.23. The van der Waals surface area contributed by atoms with E-state index in [0.29, 0.717) is 5.76 Å². The van der Waals surface area contributed by atoms with Gasteiger partial charge in [-0.1, -0.05) is 63.2 Å². The van der Waals surface area contributed by atoms with Crippen LogP contribution in [0.1, 0.15) is 31.9 Å². The molecule has 0 saturated heterocycles. The molecule has 106 valence electrons. The maximum Gasteiger partial charge on any atom is 0.145 e. The molecule has 2 rings (SSSR count). The van der Waals surface area contributed by atoms with Crippen LogP contribution in [0.5, 0.6) is 5.75 Å². The van der Waals surface area contributed by atoms with Gasteiger partial charge in [0, 0.05) is 5.56 Å². The largest absolute Gasteiger partial charge is 0.456 e. The van der Waals surface area contributed by atoms with E-state index in [1.54, 1.807) is 0 Å². The Morgan fingerprint density at radius 3 is 2.14 bits per heavy atom. The van der Waals surface area contributed by atoms with Crippen LogP contribution in [0.2, 0.25) is 0 Å². The maximum absolute atomic E-state index is 8.92. The van der Waals surface area contributed by atoms with Crippen molar-refractivity contribution in [2.75, 3.05) is 0 Å². The lowest BCUT2D eigenvalue weighted by Gasteiger charge is -2.19. The van der Waals surface area contributed by atoms with Gasteiger partial charge in [0.1, 0.15) is 11.5 Å². The van der Waals surface area contributed by atoms with Crippen molar-refractivity contribution in [2.24, 2.45) is 0 Å². The van der Waals surface area contributed by atoms with E-state index in [4.69, 9.17) is 10.00 Å². The summed E-state index contributed by atoms with van der Waals surface area (Å²) >= 11 is 0. The fourth-order valence-electron chi connectivity index (χ4n) is 1.98. The van der Waals surface area contributed by atoms with E-state index >= 15 is 0 Å². The van der Waals surface area contributed by atoms with Gasteiger partial charge in [-0.15, -0.1) is 0 Å². The number of allylic oxidation sites excluding steroid dienone is 1. The van der Waals surface area contributed by atoms with Crippen LogP contribution in [-0.2, 0) is 5.41 Å². The molecule has 0 aliphatic heterocycles. The highest BCUT2D eigenvalue weighted by molar-refractivity contribution is 5.64. The summed E-state index contributed by atoms with van der Waals surface area (Å²) < 4.78 is 5.85. The molecule has 0 spiro atoms. The van der Waals surface area contributed by atoms with Crippen molar-refractivity contribution in [1.82, 2.24) is 0 Å². The normalized spacial score (nSPS) is 11.8. The molecule has 0 aliphatic rings. The van der Waals surface area contributed by atoms with E-state index in [1.807, 2.05) is 48.5 Å². The number of benzene rings is 2. The van der Waals surface area contributed by atoms with Crippen molar-refractivity contribution >= 4 is 5.76 Å². The van der Waals surface area contributed by atoms with Crippen molar-refractivity contribution in [3.63, 3.8) is 0 Å². The maximum atomic E-state index is 8.92. The van der Waals surface area contributed by atoms with Crippen LogP contribution in [0, 0.1) is 11.3 Å². The van der Waals surface area contributed by atoms with Crippen LogP contribution >= 0.6 is 0 Å². The number of rotatable bonds is 3. The number of nitrogens with zero attached hydrogens (tertiary/aromatic N) is 1. The first-order chi connectivity index (χ1) is 10.0. The molecule has 2 nitrogen and oxygen atoms in total. The second kappa shape index (κ2) is 6.28. The summed E-state index contributed by atoms with van der Waals surface area (Å²) in [6, 6.07) is 19.7. The Hall–Kier alpha value is -2.53. The van der Waals surface area contributed by atoms with Gasteiger partial charge < -0.3 is 4.74 Å². The van der Waals surface area contributed by atoms with Crippen molar-refractivity contribution in [3.8, 4) is 11.8 Å². The zero-order valence-corrected chi connectivity index (χ0v) is 12.6. The minimum absolute atomic E-state index is 0.114. The van der Waals surface area contributed by atoms with Gasteiger partial charge in [0.2, 0.25) is 0 Å². The molecular weight excluding hydrogens is 258 g/mol. The Labute approximate surface area is 126 Å². The third-order valence-corrected chi connectivity index (χ3v) is 3.20. The molecule has 0 amide bonds. The van der Waals surface area contributed by atoms with E-state index in [0.717, 1.165) is 11.3 Å². The fourth-order valence-corrected chi connectivity index (χ4v) is 1.98. The van der Waals surface area contributed by atoms with E-state index in [-0.39, 0.29) is 5.41 Å². The Bertz CT molecular complexity index is 655. The average molecular weight is 277 g/mol. The molecular formula is C19H19NO. The number of hydrogen-bond acceptors (Lipinski definition) is 2. The van der Waals surface area contributed by atoms with Gasteiger partial charge in [-0.25, -0.2) is 0 Å². The smallest absolute Gasteiger partial charge is 0.145 e. The molecule has 0 N–H and O–H groups in total. The summed E-state index contributed by atoms with van der Waals surface area (Å²) in [5.74, 6) is 1.29. The van der Waals surface area contributed by atoms with E-state index in [2.05, 4.69) is 32.9 Å². The quantitative estimate of drug-likeness (QED) is 0.589. The predicted molar refractivity (Wildman–Crippen MR) is 85.8 cm³/mol. The first-order valence-electron chi connectivity index (χ1n) is 6.94. The second-order valence-electron chi connectivity index (χ2n) is 5.88. The summed E-state index contributed by atoms with van der Waals surface area (Å²) in [5.41, 5.74) is 2.25. The zero-order chi connectivity index (χ0) is 15.3. The van der Waals surface area contributed by atoms with Crippen LogP contribution < -0.4 is 4.74 Å². The van der Waals surface area contributed by atoms with Gasteiger partial charge in [0.25, 0.3) is 0 Å². The van der Waals surface area contributed by atoms with Crippen molar-refractivity contribution in [3.05, 3.63) is 71.8 Å². The number of nitriles is 1. The summed E-state index contributed by atoms with van der Waals surface area (Å²) in [6.07, 6.45) is 1.42. The third-order valence-electron chi connectivity index (χ3n) is 3.20. The van der Waals surface area contributed by atoms with Crippen LogP contribution in [0.25, 0.3) is 5.76 Å². The molecule has 2 heteroatoms. The molecule has 0 radical (unpaired) electrons. The van der Waals surface area contributed by atoms with Crippen molar-refractivity contribution in [2.45, 2.75) is 26.2 Å². The first kappa shape index (κ1) is 14.9. The molecule has 0 aliphatic carbocycles. The monoisotopic (exact) mass is 277 g/mol. The highest BCUT2D eigenvalue weighted by atomic mass is 16.5. The predicted octanol–water partition coefficient (Wildman–Crippen LogP) is 4.93. The van der Waals surface area contributed by atoms with E-state index in [9.17, 15) is 0 Å².